The van der Waals surface area contributed by atoms with E-state index in [4.69, 9.17) is 4.74 Å². The summed E-state index contributed by atoms with van der Waals surface area (Å²) in [6.45, 7) is 6.44. The maximum atomic E-state index is 12.8. The Hall–Kier alpha value is -1.63. The van der Waals surface area contributed by atoms with E-state index in [1.54, 1.807) is 11.3 Å². The molecule has 2 aliphatic rings. The molecule has 2 aromatic rings. The number of piperazine rings is 1. The summed E-state index contributed by atoms with van der Waals surface area (Å²) in [5.41, 5.74) is 0. The molecule has 0 bridgehead atoms. The standard InChI is InChI=1S/C19H25N3O2S/c23-19(18-6-5-17(25-18)16-4-3-15-24-16)22-13-11-21(12-14-22)10-9-20-7-1-2-8-20/h1-2,5-8,16H,3-4,9-15H2/t16-/m0/s1. The van der Waals surface area contributed by atoms with E-state index in [0.717, 1.165) is 63.6 Å². The van der Waals surface area contributed by atoms with Crippen LogP contribution in [0.4, 0.5) is 0 Å². The Morgan fingerprint density at radius 3 is 2.64 bits per heavy atom. The van der Waals surface area contributed by atoms with Crippen LogP contribution in [0.3, 0.4) is 0 Å². The highest BCUT2D eigenvalue weighted by Crippen LogP contribution is 2.33. The van der Waals surface area contributed by atoms with Crippen molar-refractivity contribution in [1.29, 1.82) is 0 Å². The Bertz CT molecular complexity index is 683. The quantitative estimate of drug-likeness (QED) is 0.824. The van der Waals surface area contributed by atoms with Gasteiger partial charge < -0.3 is 14.2 Å². The van der Waals surface area contributed by atoms with Crippen LogP contribution >= 0.6 is 11.3 Å². The van der Waals surface area contributed by atoms with Crippen LogP contribution in [0.2, 0.25) is 0 Å². The summed E-state index contributed by atoms with van der Waals surface area (Å²) in [6, 6.07) is 8.16. The molecule has 2 aromatic heterocycles. The average molecular weight is 359 g/mol. The lowest BCUT2D eigenvalue weighted by atomic mass is 10.2. The van der Waals surface area contributed by atoms with Crippen molar-refractivity contribution in [1.82, 2.24) is 14.4 Å². The Balaban J connectivity index is 1.27. The second kappa shape index (κ2) is 7.72. The molecule has 4 rings (SSSR count). The largest absolute Gasteiger partial charge is 0.373 e. The SMILES string of the molecule is O=C(c1ccc([C@@H]2CCCO2)s1)N1CCN(CCn2cccc2)CC1. The van der Waals surface area contributed by atoms with Crippen LogP contribution in [0.15, 0.2) is 36.7 Å². The summed E-state index contributed by atoms with van der Waals surface area (Å²) in [5, 5.41) is 0. The Morgan fingerprint density at radius 2 is 1.92 bits per heavy atom. The van der Waals surface area contributed by atoms with Gasteiger partial charge in [-0.25, -0.2) is 0 Å². The zero-order valence-corrected chi connectivity index (χ0v) is 15.3. The molecule has 0 radical (unpaired) electrons. The highest BCUT2D eigenvalue weighted by Gasteiger charge is 2.25. The molecular weight excluding hydrogens is 334 g/mol. The number of carbonyl (C=O) groups excluding carboxylic acids is 1. The molecule has 134 valence electrons. The number of hydrogen-bond donors (Lipinski definition) is 0. The van der Waals surface area contributed by atoms with E-state index in [0.29, 0.717) is 0 Å². The van der Waals surface area contributed by atoms with Gasteiger partial charge in [0.25, 0.3) is 5.91 Å². The number of aromatic nitrogens is 1. The van der Waals surface area contributed by atoms with E-state index < -0.39 is 0 Å². The molecular formula is C19H25N3O2S. The van der Waals surface area contributed by atoms with E-state index in [9.17, 15) is 4.79 Å². The summed E-state index contributed by atoms with van der Waals surface area (Å²) in [6.07, 6.45) is 6.60. The molecule has 2 saturated heterocycles. The molecule has 2 fully saturated rings. The topological polar surface area (TPSA) is 37.7 Å². The van der Waals surface area contributed by atoms with E-state index in [-0.39, 0.29) is 12.0 Å². The number of amides is 1. The van der Waals surface area contributed by atoms with Crippen molar-refractivity contribution < 1.29 is 9.53 Å². The van der Waals surface area contributed by atoms with Gasteiger partial charge in [0.15, 0.2) is 0 Å². The first kappa shape index (κ1) is 16.8. The molecule has 2 aliphatic heterocycles. The number of rotatable bonds is 5. The molecule has 6 heteroatoms. The summed E-state index contributed by atoms with van der Waals surface area (Å²) in [5.74, 6) is 0.180. The van der Waals surface area contributed by atoms with Crippen LogP contribution in [0, 0.1) is 0 Å². The van der Waals surface area contributed by atoms with Crippen molar-refractivity contribution in [3.63, 3.8) is 0 Å². The summed E-state index contributed by atoms with van der Waals surface area (Å²) >= 11 is 1.61. The fourth-order valence-corrected chi connectivity index (χ4v) is 4.61. The molecule has 0 saturated carbocycles. The Morgan fingerprint density at radius 1 is 1.12 bits per heavy atom. The minimum Gasteiger partial charge on any atom is -0.373 e. The summed E-state index contributed by atoms with van der Waals surface area (Å²) < 4.78 is 7.93. The highest BCUT2D eigenvalue weighted by atomic mass is 32.1. The number of ether oxygens (including phenoxy) is 1. The van der Waals surface area contributed by atoms with Crippen molar-refractivity contribution in [3.8, 4) is 0 Å². The van der Waals surface area contributed by atoms with Crippen molar-refractivity contribution in [2.45, 2.75) is 25.5 Å². The molecule has 4 heterocycles. The number of hydrogen-bond acceptors (Lipinski definition) is 4. The monoisotopic (exact) mass is 359 g/mol. The molecule has 0 aromatic carbocycles. The zero-order valence-electron chi connectivity index (χ0n) is 14.5. The van der Waals surface area contributed by atoms with Crippen LogP contribution in [0.5, 0.6) is 0 Å². The minimum absolute atomic E-state index is 0.180. The van der Waals surface area contributed by atoms with Crippen molar-refractivity contribution in [3.05, 3.63) is 46.4 Å². The summed E-state index contributed by atoms with van der Waals surface area (Å²) in [4.78, 5) is 19.2. The van der Waals surface area contributed by atoms with Crippen LogP contribution in [-0.4, -0.2) is 59.6 Å². The second-order valence-electron chi connectivity index (χ2n) is 6.76. The molecule has 0 unspecified atom stereocenters. The Kier molecular flexibility index (Phi) is 5.20. The molecule has 0 spiro atoms. The van der Waals surface area contributed by atoms with Crippen molar-refractivity contribution in [2.24, 2.45) is 0 Å². The van der Waals surface area contributed by atoms with Gasteiger partial charge in [-0.05, 0) is 37.1 Å². The third kappa shape index (κ3) is 3.97. The van der Waals surface area contributed by atoms with Crippen molar-refractivity contribution in [2.75, 3.05) is 39.3 Å². The molecule has 25 heavy (non-hydrogen) atoms. The molecule has 1 atom stereocenters. The lowest BCUT2D eigenvalue weighted by Gasteiger charge is -2.34. The first-order chi connectivity index (χ1) is 12.3. The highest BCUT2D eigenvalue weighted by molar-refractivity contribution is 7.14. The molecule has 5 nitrogen and oxygen atoms in total. The Labute approximate surface area is 152 Å². The van der Waals surface area contributed by atoms with Gasteiger partial charge in [-0.3, -0.25) is 9.69 Å². The smallest absolute Gasteiger partial charge is 0.264 e. The molecule has 0 N–H and O–H groups in total. The fraction of sp³-hybridized carbons (Fsp3) is 0.526. The average Bonchev–Trinajstić information content (AvgIpc) is 3.42. The minimum atomic E-state index is 0.180. The predicted molar refractivity (Wildman–Crippen MR) is 99.0 cm³/mol. The van der Waals surface area contributed by atoms with Gasteiger partial charge in [-0.2, -0.15) is 0 Å². The fourth-order valence-electron chi connectivity index (χ4n) is 3.55. The van der Waals surface area contributed by atoms with E-state index in [2.05, 4.69) is 40.1 Å². The van der Waals surface area contributed by atoms with E-state index in [1.807, 2.05) is 11.0 Å². The van der Waals surface area contributed by atoms with Crippen LogP contribution in [-0.2, 0) is 11.3 Å². The van der Waals surface area contributed by atoms with Crippen LogP contribution in [0.1, 0.15) is 33.5 Å². The lowest BCUT2D eigenvalue weighted by molar-refractivity contribution is 0.0638. The maximum Gasteiger partial charge on any atom is 0.264 e. The van der Waals surface area contributed by atoms with Crippen LogP contribution in [0.25, 0.3) is 0 Å². The van der Waals surface area contributed by atoms with Crippen molar-refractivity contribution >= 4 is 17.2 Å². The van der Waals surface area contributed by atoms with Gasteiger partial charge in [-0.15, -0.1) is 11.3 Å². The first-order valence-electron chi connectivity index (χ1n) is 9.13. The zero-order chi connectivity index (χ0) is 17.1. The van der Waals surface area contributed by atoms with Gasteiger partial charge >= 0.3 is 0 Å². The third-order valence-electron chi connectivity index (χ3n) is 5.08. The number of carbonyl (C=O) groups is 1. The molecule has 0 aliphatic carbocycles. The van der Waals surface area contributed by atoms with E-state index in [1.165, 1.54) is 4.88 Å². The molecule has 1 amide bonds. The van der Waals surface area contributed by atoms with Gasteiger partial charge in [0, 0.05) is 63.1 Å². The van der Waals surface area contributed by atoms with Crippen LogP contribution < -0.4 is 0 Å². The summed E-state index contributed by atoms with van der Waals surface area (Å²) in [7, 11) is 0. The normalized spacial score (nSPS) is 21.8. The van der Waals surface area contributed by atoms with E-state index >= 15 is 0 Å². The van der Waals surface area contributed by atoms with Gasteiger partial charge in [0.2, 0.25) is 0 Å². The predicted octanol–water partition coefficient (Wildman–Crippen LogP) is 2.86. The second-order valence-corrected chi connectivity index (χ2v) is 7.87. The van der Waals surface area contributed by atoms with Gasteiger partial charge in [0.05, 0.1) is 11.0 Å². The number of thiophene rings is 1. The third-order valence-corrected chi connectivity index (χ3v) is 6.25. The van der Waals surface area contributed by atoms with Gasteiger partial charge in [0.1, 0.15) is 0 Å². The maximum absolute atomic E-state index is 12.8. The number of nitrogens with zero attached hydrogens (tertiary/aromatic N) is 3. The first-order valence-corrected chi connectivity index (χ1v) is 9.95. The lowest BCUT2D eigenvalue weighted by Crippen LogP contribution is -2.49. The van der Waals surface area contributed by atoms with Gasteiger partial charge in [-0.1, -0.05) is 0 Å².